The summed E-state index contributed by atoms with van der Waals surface area (Å²) in [5.74, 6) is 0.532. The van der Waals surface area contributed by atoms with Crippen molar-refractivity contribution in [1.29, 1.82) is 0 Å². The quantitative estimate of drug-likeness (QED) is 0.263. The largest absolute Gasteiger partial charge is 0.416 e. The molecule has 3 nitrogen and oxygen atoms in total. The van der Waals surface area contributed by atoms with Crippen LogP contribution in [0.1, 0.15) is 136 Å². The molecule has 1 rings (SSSR count). The Morgan fingerprint density at radius 1 is 0.741 bits per heavy atom. The van der Waals surface area contributed by atoms with Crippen LogP contribution >= 0.6 is 0 Å². The van der Waals surface area contributed by atoms with Gasteiger partial charge in [-0.2, -0.15) is 0 Å². The topological polar surface area (TPSA) is 46.0 Å². The summed E-state index contributed by atoms with van der Waals surface area (Å²) in [6, 6.07) is 0. The standard InChI is InChI=1S/C24H45NO2/c1-4-7-8-9-10-11-12-13-14-15-16-17-18-19-20-24(5-2,6-3)22-21-25-23(26)27-22/h21H,4-20H2,1-3H3,(H,25,26). The van der Waals surface area contributed by atoms with Crippen LogP contribution in [0.3, 0.4) is 0 Å². The zero-order chi connectivity index (χ0) is 19.8. The predicted octanol–water partition coefficient (Wildman–Crippen LogP) is 7.90. The highest BCUT2D eigenvalue weighted by atomic mass is 16.4. The smallest absolute Gasteiger partial charge is 0.412 e. The van der Waals surface area contributed by atoms with Crippen molar-refractivity contribution in [2.45, 2.75) is 135 Å². The third kappa shape index (κ3) is 9.67. The van der Waals surface area contributed by atoms with Gasteiger partial charge in [0.1, 0.15) is 5.76 Å². The molecule has 1 heterocycles. The highest BCUT2D eigenvalue weighted by Crippen LogP contribution is 2.36. The van der Waals surface area contributed by atoms with E-state index < -0.39 is 0 Å². The van der Waals surface area contributed by atoms with Gasteiger partial charge in [-0.15, -0.1) is 0 Å². The number of rotatable bonds is 18. The summed E-state index contributed by atoms with van der Waals surface area (Å²) in [6.07, 6.45) is 24.4. The summed E-state index contributed by atoms with van der Waals surface area (Å²) in [7, 11) is 0. The molecule has 0 fully saturated rings. The Hall–Kier alpha value is -0.990. The number of aromatic nitrogens is 1. The average molecular weight is 380 g/mol. The Morgan fingerprint density at radius 3 is 1.56 bits per heavy atom. The van der Waals surface area contributed by atoms with Gasteiger partial charge >= 0.3 is 5.76 Å². The third-order valence-corrected chi connectivity index (χ3v) is 6.41. The fraction of sp³-hybridized carbons (Fsp3) is 0.875. The Bertz CT molecular complexity index is 498. The molecule has 1 N–H and O–H groups in total. The molecule has 0 radical (unpaired) electrons. The number of nitrogens with one attached hydrogen (secondary N) is 1. The van der Waals surface area contributed by atoms with Crippen molar-refractivity contribution in [1.82, 2.24) is 4.98 Å². The summed E-state index contributed by atoms with van der Waals surface area (Å²) in [5.41, 5.74) is 0.0380. The molecule has 0 bridgehead atoms. The molecular weight excluding hydrogens is 334 g/mol. The summed E-state index contributed by atoms with van der Waals surface area (Å²) in [6.45, 7) is 6.70. The molecule has 0 saturated heterocycles. The van der Waals surface area contributed by atoms with Gasteiger partial charge < -0.3 is 4.42 Å². The summed E-state index contributed by atoms with van der Waals surface area (Å²) < 4.78 is 5.39. The second kappa shape index (κ2) is 15.0. The Morgan fingerprint density at radius 2 is 1.19 bits per heavy atom. The van der Waals surface area contributed by atoms with E-state index in [-0.39, 0.29) is 11.2 Å². The number of aromatic amines is 1. The average Bonchev–Trinajstić information content (AvgIpc) is 3.12. The van der Waals surface area contributed by atoms with Crippen LogP contribution in [0, 0.1) is 0 Å². The highest BCUT2D eigenvalue weighted by Gasteiger charge is 2.31. The monoisotopic (exact) mass is 379 g/mol. The maximum Gasteiger partial charge on any atom is 0.416 e. The number of unbranched alkanes of at least 4 members (excludes halogenated alkanes) is 13. The Kier molecular flexibility index (Phi) is 13.4. The van der Waals surface area contributed by atoms with Crippen LogP contribution in [0.4, 0.5) is 0 Å². The van der Waals surface area contributed by atoms with Crippen molar-refractivity contribution in [3.05, 3.63) is 22.5 Å². The number of H-pyrrole nitrogens is 1. The van der Waals surface area contributed by atoms with E-state index in [4.69, 9.17) is 4.42 Å². The van der Waals surface area contributed by atoms with Crippen molar-refractivity contribution < 1.29 is 4.42 Å². The molecule has 158 valence electrons. The maximum absolute atomic E-state index is 11.3. The van der Waals surface area contributed by atoms with Crippen LogP contribution in [0.5, 0.6) is 0 Å². The summed E-state index contributed by atoms with van der Waals surface area (Å²) >= 11 is 0. The Balaban J connectivity index is 2.02. The van der Waals surface area contributed by atoms with E-state index in [1.807, 2.05) is 0 Å². The van der Waals surface area contributed by atoms with Gasteiger partial charge in [-0.1, -0.05) is 111 Å². The molecule has 0 spiro atoms. The number of hydrogen-bond donors (Lipinski definition) is 1. The molecule has 27 heavy (non-hydrogen) atoms. The van der Waals surface area contributed by atoms with E-state index in [9.17, 15) is 4.79 Å². The first-order valence-electron chi connectivity index (χ1n) is 11.9. The zero-order valence-corrected chi connectivity index (χ0v) is 18.4. The van der Waals surface area contributed by atoms with Gasteiger partial charge in [0.05, 0.1) is 0 Å². The van der Waals surface area contributed by atoms with Crippen LogP contribution in [-0.2, 0) is 5.41 Å². The molecule has 0 amide bonds. The molecule has 0 atom stereocenters. The third-order valence-electron chi connectivity index (χ3n) is 6.41. The van der Waals surface area contributed by atoms with E-state index in [2.05, 4.69) is 25.8 Å². The van der Waals surface area contributed by atoms with Crippen LogP contribution in [0.25, 0.3) is 0 Å². The zero-order valence-electron chi connectivity index (χ0n) is 18.4. The minimum atomic E-state index is -0.322. The van der Waals surface area contributed by atoms with Crippen LogP contribution in [0.2, 0.25) is 0 Å². The lowest BCUT2D eigenvalue weighted by Crippen LogP contribution is -2.24. The van der Waals surface area contributed by atoms with Crippen molar-refractivity contribution in [3.63, 3.8) is 0 Å². The van der Waals surface area contributed by atoms with E-state index in [0.717, 1.165) is 25.0 Å². The minimum absolute atomic E-state index is 0.0380. The first-order valence-corrected chi connectivity index (χ1v) is 11.9. The lowest BCUT2D eigenvalue weighted by atomic mass is 9.76. The lowest BCUT2D eigenvalue weighted by molar-refractivity contribution is 0.276. The SMILES string of the molecule is CCCCCCCCCCCCCCCCC(CC)(CC)c1c[nH]c(=O)o1. The summed E-state index contributed by atoms with van der Waals surface area (Å²) in [4.78, 5) is 14.0. The second-order valence-electron chi connectivity index (χ2n) is 8.38. The van der Waals surface area contributed by atoms with Crippen LogP contribution in [-0.4, -0.2) is 4.98 Å². The van der Waals surface area contributed by atoms with E-state index >= 15 is 0 Å². The molecule has 0 aromatic carbocycles. The molecule has 0 saturated carbocycles. The molecule has 1 aromatic heterocycles. The van der Waals surface area contributed by atoms with E-state index in [1.54, 1.807) is 6.20 Å². The lowest BCUT2D eigenvalue weighted by Gasteiger charge is -2.29. The van der Waals surface area contributed by atoms with Crippen molar-refractivity contribution >= 4 is 0 Å². The van der Waals surface area contributed by atoms with Crippen LogP contribution in [0.15, 0.2) is 15.4 Å². The molecule has 0 aliphatic heterocycles. The minimum Gasteiger partial charge on any atom is -0.412 e. The van der Waals surface area contributed by atoms with Crippen LogP contribution < -0.4 is 5.76 Å². The first-order chi connectivity index (χ1) is 13.2. The number of hydrogen-bond acceptors (Lipinski definition) is 2. The van der Waals surface area contributed by atoms with Crippen molar-refractivity contribution in [3.8, 4) is 0 Å². The van der Waals surface area contributed by atoms with E-state index in [0.29, 0.717) is 0 Å². The molecule has 1 aromatic rings. The van der Waals surface area contributed by atoms with Gasteiger partial charge in [0, 0.05) is 11.6 Å². The first kappa shape index (κ1) is 24.0. The fourth-order valence-corrected chi connectivity index (χ4v) is 4.28. The van der Waals surface area contributed by atoms with E-state index in [1.165, 1.54) is 89.9 Å². The predicted molar refractivity (Wildman–Crippen MR) is 117 cm³/mol. The van der Waals surface area contributed by atoms with Gasteiger partial charge in [0.2, 0.25) is 0 Å². The normalized spacial score (nSPS) is 12.0. The van der Waals surface area contributed by atoms with Gasteiger partial charge in [0.25, 0.3) is 0 Å². The molecule has 0 aliphatic carbocycles. The Labute approximate surface area is 167 Å². The van der Waals surface area contributed by atoms with Gasteiger partial charge in [0.15, 0.2) is 0 Å². The second-order valence-corrected chi connectivity index (χ2v) is 8.38. The van der Waals surface area contributed by atoms with Gasteiger partial charge in [-0.05, 0) is 19.3 Å². The van der Waals surface area contributed by atoms with Crippen molar-refractivity contribution in [2.75, 3.05) is 0 Å². The highest BCUT2D eigenvalue weighted by molar-refractivity contribution is 5.09. The molecule has 3 heteroatoms. The summed E-state index contributed by atoms with van der Waals surface area (Å²) in [5, 5.41) is 0. The number of oxazole rings is 1. The molecule has 0 unspecified atom stereocenters. The fourth-order valence-electron chi connectivity index (χ4n) is 4.28. The maximum atomic E-state index is 11.3. The molecule has 0 aliphatic rings. The van der Waals surface area contributed by atoms with Gasteiger partial charge in [-0.3, -0.25) is 4.98 Å². The molecular formula is C24H45NO2. The van der Waals surface area contributed by atoms with Gasteiger partial charge in [-0.25, -0.2) is 4.79 Å². The van der Waals surface area contributed by atoms with Crippen molar-refractivity contribution in [2.24, 2.45) is 0 Å².